The van der Waals surface area contributed by atoms with E-state index in [0.717, 1.165) is 37.2 Å². The van der Waals surface area contributed by atoms with Gasteiger partial charge in [-0.1, -0.05) is 17.7 Å². The van der Waals surface area contributed by atoms with Crippen LogP contribution in [0.25, 0.3) is 0 Å². The maximum absolute atomic E-state index is 12.1. The lowest BCUT2D eigenvalue weighted by Gasteiger charge is -2.22. The SMILES string of the molecule is Cc1ccc(NC(=O)[C@H]2CCCNC2)c(C)c1. The van der Waals surface area contributed by atoms with Gasteiger partial charge >= 0.3 is 0 Å². The highest BCUT2D eigenvalue weighted by Gasteiger charge is 2.21. The summed E-state index contributed by atoms with van der Waals surface area (Å²) in [7, 11) is 0. The van der Waals surface area contributed by atoms with Crippen LogP contribution >= 0.6 is 0 Å². The first-order valence-electron chi connectivity index (χ1n) is 6.25. The molecular formula is C14H20N2O. The largest absolute Gasteiger partial charge is 0.326 e. The number of benzene rings is 1. The van der Waals surface area contributed by atoms with E-state index in [1.165, 1.54) is 5.56 Å². The van der Waals surface area contributed by atoms with Crippen LogP contribution in [0, 0.1) is 19.8 Å². The van der Waals surface area contributed by atoms with Crippen molar-refractivity contribution in [1.82, 2.24) is 5.32 Å². The fraction of sp³-hybridized carbons (Fsp3) is 0.500. The van der Waals surface area contributed by atoms with Crippen molar-refractivity contribution in [2.45, 2.75) is 26.7 Å². The van der Waals surface area contributed by atoms with E-state index in [-0.39, 0.29) is 11.8 Å². The van der Waals surface area contributed by atoms with Crippen LogP contribution in [0.1, 0.15) is 24.0 Å². The van der Waals surface area contributed by atoms with Crippen LogP contribution in [-0.4, -0.2) is 19.0 Å². The summed E-state index contributed by atoms with van der Waals surface area (Å²) in [6, 6.07) is 6.11. The molecule has 1 aliphatic heterocycles. The van der Waals surface area contributed by atoms with Gasteiger partial charge < -0.3 is 10.6 Å². The van der Waals surface area contributed by atoms with Crippen molar-refractivity contribution in [3.05, 3.63) is 29.3 Å². The minimum absolute atomic E-state index is 0.115. The van der Waals surface area contributed by atoms with Crippen molar-refractivity contribution >= 4 is 11.6 Å². The molecule has 0 aliphatic carbocycles. The Bertz CT molecular complexity index is 409. The molecular weight excluding hydrogens is 212 g/mol. The van der Waals surface area contributed by atoms with Crippen molar-refractivity contribution in [3.63, 3.8) is 0 Å². The number of anilines is 1. The van der Waals surface area contributed by atoms with Crippen molar-refractivity contribution in [1.29, 1.82) is 0 Å². The summed E-state index contributed by atoms with van der Waals surface area (Å²) in [6.07, 6.45) is 2.08. The first-order valence-corrected chi connectivity index (χ1v) is 6.25. The minimum atomic E-state index is 0.115. The van der Waals surface area contributed by atoms with Crippen LogP contribution in [0.2, 0.25) is 0 Å². The zero-order valence-corrected chi connectivity index (χ0v) is 10.5. The van der Waals surface area contributed by atoms with Gasteiger partial charge in [-0.25, -0.2) is 0 Å². The molecule has 2 N–H and O–H groups in total. The summed E-state index contributed by atoms with van der Waals surface area (Å²) >= 11 is 0. The lowest BCUT2D eigenvalue weighted by atomic mass is 9.98. The molecule has 0 saturated carbocycles. The van der Waals surface area contributed by atoms with Gasteiger partial charge in [0.15, 0.2) is 0 Å². The first kappa shape index (κ1) is 12.1. The fourth-order valence-corrected chi connectivity index (χ4v) is 2.26. The van der Waals surface area contributed by atoms with Gasteiger partial charge in [-0.15, -0.1) is 0 Å². The van der Waals surface area contributed by atoms with E-state index in [1.54, 1.807) is 0 Å². The Balaban J connectivity index is 2.02. The molecule has 1 atom stereocenters. The number of nitrogens with one attached hydrogen (secondary N) is 2. The summed E-state index contributed by atoms with van der Waals surface area (Å²) in [6.45, 7) is 5.93. The number of piperidine rings is 1. The smallest absolute Gasteiger partial charge is 0.228 e. The number of rotatable bonds is 2. The second-order valence-electron chi connectivity index (χ2n) is 4.85. The van der Waals surface area contributed by atoms with Crippen LogP contribution in [0.15, 0.2) is 18.2 Å². The van der Waals surface area contributed by atoms with Crippen LogP contribution < -0.4 is 10.6 Å². The Morgan fingerprint density at radius 2 is 2.24 bits per heavy atom. The number of carbonyl (C=O) groups excluding carboxylic acids is 1. The Morgan fingerprint density at radius 1 is 1.41 bits per heavy atom. The van der Waals surface area contributed by atoms with Gasteiger partial charge in [-0.2, -0.15) is 0 Å². The van der Waals surface area contributed by atoms with Gasteiger partial charge in [0.1, 0.15) is 0 Å². The van der Waals surface area contributed by atoms with Gasteiger partial charge in [0.05, 0.1) is 5.92 Å². The summed E-state index contributed by atoms with van der Waals surface area (Å²) in [5.41, 5.74) is 3.29. The van der Waals surface area contributed by atoms with Crippen molar-refractivity contribution in [3.8, 4) is 0 Å². The molecule has 17 heavy (non-hydrogen) atoms. The maximum Gasteiger partial charge on any atom is 0.228 e. The third-order valence-corrected chi connectivity index (χ3v) is 3.31. The Kier molecular flexibility index (Phi) is 3.79. The number of hydrogen-bond acceptors (Lipinski definition) is 2. The van der Waals surface area contributed by atoms with Crippen molar-refractivity contribution in [2.75, 3.05) is 18.4 Å². The van der Waals surface area contributed by atoms with E-state index in [0.29, 0.717) is 0 Å². The summed E-state index contributed by atoms with van der Waals surface area (Å²) in [5, 5.41) is 6.29. The summed E-state index contributed by atoms with van der Waals surface area (Å²) < 4.78 is 0. The van der Waals surface area contributed by atoms with Gasteiger partial charge in [0, 0.05) is 12.2 Å². The van der Waals surface area contributed by atoms with Crippen LogP contribution in [-0.2, 0) is 4.79 Å². The third-order valence-electron chi connectivity index (χ3n) is 3.31. The quantitative estimate of drug-likeness (QED) is 0.821. The predicted octanol–water partition coefficient (Wildman–Crippen LogP) is 2.24. The minimum Gasteiger partial charge on any atom is -0.326 e. The number of hydrogen-bond donors (Lipinski definition) is 2. The van der Waals surface area contributed by atoms with E-state index in [1.807, 2.05) is 19.1 Å². The van der Waals surface area contributed by atoms with Gasteiger partial charge in [0.25, 0.3) is 0 Å². The Morgan fingerprint density at radius 3 is 2.88 bits per heavy atom. The molecule has 0 aromatic heterocycles. The molecule has 2 rings (SSSR count). The third kappa shape index (κ3) is 3.07. The lowest BCUT2D eigenvalue weighted by Crippen LogP contribution is -2.37. The maximum atomic E-state index is 12.1. The molecule has 0 spiro atoms. The molecule has 1 heterocycles. The standard InChI is InChI=1S/C14H20N2O/c1-10-5-6-13(11(2)8-10)16-14(17)12-4-3-7-15-9-12/h5-6,8,12,15H,3-4,7,9H2,1-2H3,(H,16,17)/t12-/m0/s1. The zero-order chi connectivity index (χ0) is 12.3. The Hall–Kier alpha value is -1.35. The van der Waals surface area contributed by atoms with E-state index in [2.05, 4.69) is 23.6 Å². The van der Waals surface area contributed by atoms with Crippen LogP contribution in [0.4, 0.5) is 5.69 Å². The van der Waals surface area contributed by atoms with Crippen molar-refractivity contribution < 1.29 is 4.79 Å². The highest BCUT2D eigenvalue weighted by molar-refractivity contribution is 5.93. The highest BCUT2D eigenvalue weighted by Crippen LogP contribution is 2.18. The molecule has 1 aliphatic rings. The van der Waals surface area contributed by atoms with E-state index in [4.69, 9.17) is 0 Å². The van der Waals surface area contributed by atoms with Crippen LogP contribution in [0.5, 0.6) is 0 Å². The molecule has 3 heteroatoms. The van der Waals surface area contributed by atoms with Gasteiger partial charge in [-0.3, -0.25) is 4.79 Å². The molecule has 0 radical (unpaired) electrons. The molecule has 0 bridgehead atoms. The van der Waals surface area contributed by atoms with Crippen molar-refractivity contribution in [2.24, 2.45) is 5.92 Å². The van der Waals surface area contributed by atoms with Gasteiger partial charge in [-0.05, 0) is 44.9 Å². The predicted molar refractivity (Wildman–Crippen MR) is 70.1 cm³/mol. The average Bonchev–Trinajstić information content (AvgIpc) is 2.34. The number of aryl methyl sites for hydroxylation is 2. The van der Waals surface area contributed by atoms with Gasteiger partial charge in [0.2, 0.25) is 5.91 Å². The second kappa shape index (κ2) is 5.32. The number of carbonyl (C=O) groups is 1. The molecule has 1 aromatic rings. The number of amides is 1. The summed E-state index contributed by atoms with van der Waals surface area (Å²) in [4.78, 5) is 12.1. The normalized spacial score (nSPS) is 20.0. The van der Waals surface area contributed by atoms with E-state index >= 15 is 0 Å². The fourth-order valence-electron chi connectivity index (χ4n) is 2.26. The van der Waals surface area contributed by atoms with Crippen LogP contribution in [0.3, 0.4) is 0 Å². The monoisotopic (exact) mass is 232 g/mol. The molecule has 1 saturated heterocycles. The lowest BCUT2D eigenvalue weighted by molar-refractivity contribution is -0.120. The molecule has 1 fully saturated rings. The van der Waals surface area contributed by atoms with E-state index in [9.17, 15) is 4.79 Å². The first-order chi connectivity index (χ1) is 8.16. The summed E-state index contributed by atoms with van der Waals surface area (Å²) in [5.74, 6) is 0.258. The molecule has 92 valence electrons. The highest BCUT2D eigenvalue weighted by atomic mass is 16.1. The average molecular weight is 232 g/mol. The molecule has 1 aromatic carbocycles. The Labute approximate surface area is 103 Å². The second-order valence-corrected chi connectivity index (χ2v) is 4.85. The molecule has 1 amide bonds. The zero-order valence-electron chi connectivity index (χ0n) is 10.5. The topological polar surface area (TPSA) is 41.1 Å². The van der Waals surface area contributed by atoms with E-state index < -0.39 is 0 Å². The molecule has 3 nitrogen and oxygen atoms in total. The molecule has 0 unspecified atom stereocenters.